The molecule has 8 nitrogen and oxygen atoms in total. The molecule has 0 saturated heterocycles. The molecule has 31 heavy (non-hydrogen) atoms. The number of aromatic amines is 1. The third-order valence-corrected chi connectivity index (χ3v) is 5.30. The normalized spacial score (nSPS) is 11.5. The first-order chi connectivity index (χ1) is 14.8. The van der Waals surface area contributed by atoms with Crippen LogP contribution in [-0.4, -0.2) is 25.3 Å². The van der Waals surface area contributed by atoms with Crippen LogP contribution in [0.2, 0.25) is 0 Å². The van der Waals surface area contributed by atoms with E-state index in [-0.39, 0.29) is 0 Å². The average molecular weight is 416 g/mol. The van der Waals surface area contributed by atoms with Crippen LogP contribution in [0.3, 0.4) is 0 Å². The predicted molar refractivity (Wildman–Crippen MR) is 123 cm³/mol. The van der Waals surface area contributed by atoms with Crippen LogP contribution in [-0.2, 0) is 13.6 Å². The minimum atomic E-state index is -0.511. The number of hydrogen-bond acceptors (Lipinski definition) is 5. The zero-order chi connectivity index (χ0) is 22.1. The molecule has 0 saturated carbocycles. The first kappa shape index (κ1) is 20.3. The van der Waals surface area contributed by atoms with E-state index in [9.17, 15) is 9.59 Å². The first-order valence-corrected chi connectivity index (χ1v) is 9.95. The molecule has 0 bridgehead atoms. The van der Waals surface area contributed by atoms with Gasteiger partial charge in [-0.15, -0.1) is 0 Å². The van der Waals surface area contributed by atoms with Gasteiger partial charge in [0.15, 0.2) is 11.2 Å². The van der Waals surface area contributed by atoms with Crippen molar-refractivity contribution < 1.29 is 0 Å². The number of anilines is 1. The molecule has 0 radical (unpaired) electrons. The Morgan fingerprint density at radius 2 is 1.77 bits per heavy atom. The molecule has 0 spiro atoms. The maximum atomic E-state index is 12.7. The van der Waals surface area contributed by atoms with E-state index in [0.717, 1.165) is 22.3 Å². The first-order valence-electron chi connectivity index (χ1n) is 9.95. The van der Waals surface area contributed by atoms with Crippen LogP contribution in [0.15, 0.2) is 57.2 Å². The van der Waals surface area contributed by atoms with Crippen molar-refractivity contribution in [1.82, 2.24) is 19.1 Å². The monoisotopic (exact) mass is 416 g/mol. The topological polar surface area (TPSA) is 97.1 Å². The van der Waals surface area contributed by atoms with Crippen molar-refractivity contribution in [1.29, 1.82) is 0 Å². The average Bonchev–Trinajstić information content (AvgIpc) is 3.09. The Hall–Kier alpha value is -3.94. The summed E-state index contributed by atoms with van der Waals surface area (Å²) in [5.74, 6) is 0.381. The molecule has 4 aromatic rings. The molecular weight excluding hydrogens is 392 g/mol. The fraction of sp³-hybridized carbons (Fsp3) is 0.217. The number of imidazole rings is 1. The highest BCUT2D eigenvalue weighted by Gasteiger charge is 2.18. The number of rotatable bonds is 5. The SMILES string of the molecule is Cc1ccc(/C=N/Nc2nc3c(c(=O)[nH]c(=O)n3C)n2Cc2cc(C)ccc2C)cc1. The number of H-pyrrole nitrogens is 1. The molecule has 2 N–H and O–H groups in total. The van der Waals surface area contributed by atoms with Gasteiger partial charge < -0.3 is 0 Å². The van der Waals surface area contributed by atoms with Crippen molar-refractivity contribution in [3.8, 4) is 0 Å². The van der Waals surface area contributed by atoms with E-state index < -0.39 is 11.2 Å². The molecule has 158 valence electrons. The minimum Gasteiger partial charge on any atom is -0.298 e. The summed E-state index contributed by atoms with van der Waals surface area (Å²) in [5, 5.41) is 4.30. The summed E-state index contributed by atoms with van der Waals surface area (Å²) < 4.78 is 3.08. The summed E-state index contributed by atoms with van der Waals surface area (Å²) in [6, 6.07) is 14.1. The molecule has 0 fully saturated rings. The van der Waals surface area contributed by atoms with Gasteiger partial charge in [-0.05, 0) is 37.5 Å². The van der Waals surface area contributed by atoms with Gasteiger partial charge in [0.25, 0.3) is 5.56 Å². The quantitative estimate of drug-likeness (QED) is 0.386. The molecule has 0 amide bonds. The van der Waals surface area contributed by atoms with Crippen LogP contribution in [0.25, 0.3) is 11.2 Å². The molecule has 0 atom stereocenters. The number of aryl methyl sites for hydroxylation is 4. The summed E-state index contributed by atoms with van der Waals surface area (Å²) >= 11 is 0. The Kier molecular flexibility index (Phi) is 5.29. The largest absolute Gasteiger partial charge is 0.329 e. The van der Waals surface area contributed by atoms with Crippen LogP contribution in [0.5, 0.6) is 0 Å². The van der Waals surface area contributed by atoms with E-state index in [1.54, 1.807) is 17.8 Å². The van der Waals surface area contributed by atoms with Gasteiger partial charge in [-0.25, -0.2) is 10.2 Å². The van der Waals surface area contributed by atoms with Crippen LogP contribution < -0.4 is 16.7 Å². The second-order valence-electron chi connectivity index (χ2n) is 7.72. The molecular formula is C23H24N6O2. The third-order valence-electron chi connectivity index (χ3n) is 5.30. The highest BCUT2D eigenvalue weighted by Crippen LogP contribution is 2.20. The van der Waals surface area contributed by atoms with Crippen molar-refractivity contribution >= 4 is 23.3 Å². The van der Waals surface area contributed by atoms with Gasteiger partial charge in [0.2, 0.25) is 5.95 Å². The van der Waals surface area contributed by atoms with Crippen LogP contribution in [0.1, 0.15) is 27.8 Å². The van der Waals surface area contributed by atoms with Gasteiger partial charge in [-0.1, -0.05) is 53.6 Å². The molecule has 0 unspecified atom stereocenters. The lowest BCUT2D eigenvalue weighted by molar-refractivity contribution is 0.804. The zero-order valence-corrected chi connectivity index (χ0v) is 17.9. The second kappa shape index (κ2) is 8.06. The van der Waals surface area contributed by atoms with Gasteiger partial charge in [-0.3, -0.25) is 18.9 Å². The van der Waals surface area contributed by atoms with Crippen molar-refractivity contribution in [2.24, 2.45) is 12.1 Å². The van der Waals surface area contributed by atoms with E-state index in [1.807, 2.05) is 57.2 Å². The maximum absolute atomic E-state index is 12.7. The number of hydrogen-bond donors (Lipinski definition) is 2. The lowest BCUT2D eigenvalue weighted by atomic mass is 10.1. The van der Waals surface area contributed by atoms with Crippen LogP contribution in [0, 0.1) is 20.8 Å². The number of nitrogens with zero attached hydrogens (tertiary/aromatic N) is 4. The fourth-order valence-electron chi connectivity index (χ4n) is 3.43. The van der Waals surface area contributed by atoms with Crippen LogP contribution in [0.4, 0.5) is 5.95 Å². The number of fused-ring (bicyclic) bond motifs is 1. The smallest absolute Gasteiger partial charge is 0.298 e. The second-order valence-corrected chi connectivity index (χ2v) is 7.72. The Labute approximate surface area is 178 Å². The van der Waals surface area contributed by atoms with Gasteiger partial charge in [-0.2, -0.15) is 10.1 Å². The summed E-state index contributed by atoms with van der Waals surface area (Å²) in [5.41, 5.74) is 7.95. The molecule has 0 aliphatic carbocycles. The lowest BCUT2D eigenvalue weighted by Gasteiger charge is -2.11. The van der Waals surface area contributed by atoms with Crippen LogP contribution >= 0.6 is 0 Å². The lowest BCUT2D eigenvalue weighted by Crippen LogP contribution is -2.29. The van der Waals surface area contributed by atoms with Gasteiger partial charge in [0, 0.05) is 7.05 Å². The Bertz CT molecular complexity index is 1410. The summed E-state index contributed by atoms with van der Waals surface area (Å²) in [6.45, 7) is 6.48. The standard InChI is InChI=1S/C23H24N6O2/c1-14-6-9-17(10-7-14)12-24-27-22-25-20-19(21(30)26-23(31)28(20)4)29(22)13-18-11-15(2)5-8-16(18)3/h5-12H,13H2,1-4H3,(H,25,27)(H,26,30,31)/b24-12+. The van der Waals surface area contributed by atoms with E-state index in [1.165, 1.54) is 10.1 Å². The maximum Gasteiger partial charge on any atom is 0.329 e. The molecule has 8 heteroatoms. The van der Waals surface area contributed by atoms with Crippen molar-refractivity contribution in [3.05, 3.63) is 91.1 Å². The number of hydrazone groups is 1. The molecule has 4 rings (SSSR count). The molecule has 2 heterocycles. The van der Waals surface area contributed by atoms with E-state index >= 15 is 0 Å². The van der Waals surface area contributed by atoms with Crippen molar-refractivity contribution in [2.45, 2.75) is 27.3 Å². The fourth-order valence-corrected chi connectivity index (χ4v) is 3.43. The third kappa shape index (κ3) is 4.05. The number of nitrogens with one attached hydrogen (secondary N) is 2. The Balaban J connectivity index is 1.80. The van der Waals surface area contributed by atoms with E-state index in [4.69, 9.17) is 0 Å². The molecule has 2 aromatic carbocycles. The molecule has 2 aromatic heterocycles. The molecule has 0 aliphatic heterocycles. The van der Waals surface area contributed by atoms with E-state index in [0.29, 0.717) is 23.7 Å². The minimum absolute atomic E-state index is 0.298. The van der Waals surface area contributed by atoms with Gasteiger partial charge >= 0.3 is 5.69 Å². The zero-order valence-electron chi connectivity index (χ0n) is 17.9. The van der Waals surface area contributed by atoms with Crippen molar-refractivity contribution in [3.63, 3.8) is 0 Å². The Morgan fingerprint density at radius 1 is 1.06 bits per heavy atom. The van der Waals surface area contributed by atoms with Crippen molar-refractivity contribution in [2.75, 3.05) is 5.43 Å². The highest BCUT2D eigenvalue weighted by atomic mass is 16.2. The summed E-state index contributed by atoms with van der Waals surface area (Å²) in [7, 11) is 1.58. The van der Waals surface area contributed by atoms with E-state index in [2.05, 4.69) is 26.6 Å². The highest BCUT2D eigenvalue weighted by molar-refractivity contribution is 5.80. The number of aromatic nitrogens is 4. The predicted octanol–water partition coefficient (Wildman–Crippen LogP) is 2.84. The summed E-state index contributed by atoms with van der Waals surface area (Å²) in [6.07, 6.45) is 1.68. The van der Waals surface area contributed by atoms with Gasteiger partial charge in [0.1, 0.15) is 0 Å². The molecule has 0 aliphatic rings. The summed E-state index contributed by atoms with van der Waals surface area (Å²) in [4.78, 5) is 31.6. The van der Waals surface area contributed by atoms with Gasteiger partial charge in [0.05, 0.1) is 12.8 Å². The number of benzene rings is 2. The Morgan fingerprint density at radius 3 is 2.52 bits per heavy atom.